The zero-order valence-electron chi connectivity index (χ0n) is 19.1. The Morgan fingerprint density at radius 1 is 1.06 bits per heavy atom. The molecule has 0 atom stereocenters. The van der Waals surface area contributed by atoms with Crippen LogP contribution in [-0.2, 0) is 23.1 Å². The van der Waals surface area contributed by atoms with E-state index in [1.165, 1.54) is 23.5 Å². The number of carbonyl (C=O) groups excluding carboxylic acids is 1. The second-order valence-electron chi connectivity index (χ2n) is 8.06. The summed E-state index contributed by atoms with van der Waals surface area (Å²) in [6.07, 6.45) is 1.77. The van der Waals surface area contributed by atoms with Crippen LogP contribution < -0.4 is 14.9 Å². The first-order valence-electron chi connectivity index (χ1n) is 11.3. The normalized spacial score (nSPS) is 14.8. The van der Waals surface area contributed by atoms with Crippen molar-refractivity contribution in [2.75, 3.05) is 37.6 Å². The Labute approximate surface area is 204 Å². The minimum Gasteiger partial charge on any atom is -0.354 e. The number of hydrogen-bond acceptors (Lipinski definition) is 7. The quantitative estimate of drug-likeness (QED) is 0.470. The van der Waals surface area contributed by atoms with Gasteiger partial charge in [0.1, 0.15) is 5.82 Å². The summed E-state index contributed by atoms with van der Waals surface area (Å²) in [6.45, 7) is 7.76. The third kappa shape index (κ3) is 6.20. The Balaban J connectivity index is 1.32. The molecule has 34 heavy (non-hydrogen) atoms. The predicted octanol–water partition coefficient (Wildman–Crippen LogP) is 2.69. The number of benzene rings is 1. The molecule has 3 aromatic rings. The Bertz CT molecular complexity index is 1190. The number of anilines is 1. The van der Waals surface area contributed by atoms with E-state index in [4.69, 9.17) is 0 Å². The number of nitrogens with zero attached hydrogens (tertiary/aromatic N) is 3. The summed E-state index contributed by atoms with van der Waals surface area (Å²) in [5.41, 5.74) is 1.17. The van der Waals surface area contributed by atoms with Gasteiger partial charge in [-0.15, -0.1) is 11.3 Å². The third-order valence-corrected chi connectivity index (χ3v) is 8.10. The summed E-state index contributed by atoms with van der Waals surface area (Å²) in [5, 5.41) is 4.74. The van der Waals surface area contributed by atoms with Gasteiger partial charge < -0.3 is 15.1 Å². The van der Waals surface area contributed by atoms with Crippen LogP contribution in [0.5, 0.6) is 0 Å². The number of sulfonamides is 1. The first-order chi connectivity index (χ1) is 16.4. The summed E-state index contributed by atoms with van der Waals surface area (Å²) in [6, 6.07) is 13.7. The van der Waals surface area contributed by atoms with Crippen molar-refractivity contribution in [1.29, 1.82) is 0 Å². The van der Waals surface area contributed by atoms with Crippen LogP contribution in [0.25, 0.3) is 0 Å². The number of aromatic nitrogens is 1. The zero-order chi connectivity index (χ0) is 24.0. The molecule has 8 nitrogen and oxygen atoms in total. The van der Waals surface area contributed by atoms with E-state index in [9.17, 15) is 13.2 Å². The predicted molar refractivity (Wildman–Crippen MR) is 135 cm³/mol. The third-order valence-electron chi connectivity index (χ3n) is 5.83. The second-order valence-corrected chi connectivity index (χ2v) is 10.9. The molecule has 10 heteroatoms. The summed E-state index contributed by atoms with van der Waals surface area (Å²) >= 11 is 1.48. The molecule has 3 heterocycles. The van der Waals surface area contributed by atoms with Crippen LogP contribution in [0.4, 0.5) is 5.82 Å². The van der Waals surface area contributed by atoms with Gasteiger partial charge in [-0.2, -0.15) is 0 Å². The number of thiophene rings is 1. The highest BCUT2D eigenvalue weighted by Crippen LogP contribution is 2.16. The number of nitrogens with one attached hydrogen (secondary N) is 2. The molecule has 1 amide bonds. The van der Waals surface area contributed by atoms with Crippen LogP contribution >= 0.6 is 11.3 Å². The maximum Gasteiger partial charge on any atom is 0.251 e. The van der Waals surface area contributed by atoms with Crippen molar-refractivity contribution in [2.24, 2.45) is 0 Å². The van der Waals surface area contributed by atoms with Gasteiger partial charge in [0.25, 0.3) is 5.91 Å². The van der Waals surface area contributed by atoms with Gasteiger partial charge in [0.2, 0.25) is 10.0 Å². The van der Waals surface area contributed by atoms with Crippen molar-refractivity contribution < 1.29 is 13.2 Å². The second kappa shape index (κ2) is 11.1. The number of likely N-dealkylation sites (N-methyl/N-ethyl adjacent to an activating group) is 1. The standard InChI is InChI=1S/C24H29N5O3S2/c1-2-28-10-12-29(13-11-28)23-9-8-19(16-25-23)17-26-24(30)20-5-3-7-22(15-20)34(31,32)27-18-21-6-4-14-33-21/h3-9,14-16,27H,2,10-13,17-18H2,1H3,(H,26,30). The molecule has 0 unspecified atom stereocenters. The van der Waals surface area contributed by atoms with Crippen LogP contribution in [0.2, 0.25) is 0 Å². The highest BCUT2D eigenvalue weighted by Gasteiger charge is 2.18. The molecule has 1 saturated heterocycles. The molecule has 2 aromatic heterocycles. The highest BCUT2D eigenvalue weighted by atomic mass is 32.2. The fourth-order valence-electron chi connectivity index (χ4n) is 3.75. The summed E-state index contributed by atoms with van der Waals surface area (Å²) in [5.74, 6) is 0.605. The van der Waals surface area contributed by atoms with E-state index in [0.717, 1.165) is 49.0 Å². The topological polar surface area (TPSA) is 94.6 Å². The van der Waals surface area contributed by atoms with Gasteiger partial charge in [-0.3, -0.25) is 4.79 Å². The molecular weight excluding hydrogens is 470 g/mol. The monoisotopic (exact) mass is 499 g/mol. The van der Waals surface area contributed by atoms with Crippen molar-refractivity contribution in [2.45, 2.75) is 24.9 Å². The van der Waals surface area contributed by atoms with E-state index in [0.29, 0.717) is 6.54 Å². The van der Waals surface area contributed by atoms with Crippen LogP contribution in [0.1, 0.15) is 27.7 Å². The lowest BCUT2D eigenvalue weighted by Gasteiger charge is -2.34. The van der Waals surface area contributed by atoms with Crippen LogP contribution in [0.15, 0.2) is 65.0 Å². The zero-order valence-corrected chi connectivity index (χ0v) is 20.7. The van der Waals surface area contributed by atoms with Crippen LogP contribution in [0.3, 0.4) is 0 Å². The van der Waals surface area contributed by atoms with Gasteiger partial charge in [0.05, 0.1) is 4.90 Å². The maximum atomic E-state index is 12.7. The fraction of sp³-hybridized carbons (Fsp3) is 0.333. The fourth-order valence-corrected chi connectivity index (χ4v) is 5.54. The van der Waals surface area contributed by atoms with E-state index in [-0.39, 0.29) is 22.9 Å². The molecule has 1 aliphatic rings. The number of carbonyl (C=O) groups is 1. The van der Waals surface area contributed by atoms with E-state index in [1.54, 1.807) is 18.3 Å². The van der Waals surface area contributed by atoms with Crippen molar-refractivity contribution >= 4 is 33.1 Å². The molecule has 180 valence electrons. The molecule has 0 radical (unpaired) electrons. The first-order valence-corrected chi connectivity index (χ1v) is 13.6. The number of amides is 1. The lowest BCUT2D eigenvalue weighted by Crippen LogP contribution is -2.46. The van der Waals surface area contributed by atoms with Crippen molar-refractivity contribution in [3.05, 3.63) is 76.1 Å². The molecule has 0 aliphatic carbocycles. The van der Waals surface area contributed by atoms with Gasteiger partial charge in [-0.25, -0.2) is 18.1 Å². The minimum absolute atomic E-state index is 0.0610. The number of pyridine rings is 1. The number of hydrogen-bond donors (Lipinski definition) is 2. The molecule has 0 spiro atoms. The average molecular weight is 500 g/mol. The van der Waals surface area contributed by atoms with Gasteiger partial charge in [-0.1, -0.05) is 25.1 Å². The molecule has 1 aliphatic heterocycles. The lowest BCUT2D eigenvalue weighted by atomic mass is 10.2. The van der Waals surface area contributed by atoms with Crippen molar-refractivity contribution in [3.8, 4) is 0 Å². The van der Waals surface area contributed by atoms with Crippen molar-refractivity contribution in [1.82, 2.24) is 19.9 Å². The summed E-state index contributed by atoms with van der Waals surface area (Å²) in [4.78, 5) is 22.9. The molecule has 1 fully saturated rings. The van der Waals surface area contributed by atoms with Gasteiger partial charge in [0.15, 0.2) is 0 Å². The molecule has 2 N–H and O–H groups in total. The Hall–Kier alpha value is -2.79. The summed E-state index contributed by atoms with van der Waals surface area (Å²) in [7, 11) is -3.72. The van der Waals surface area contributed by atoms with Gasteiger partial charge >= 0.3 is 0 Å². The number of piperazine rings is 1. The molecular formula is C24H29N5O3S2. The smallest absolute Gasteiger partial charge is 0.251 e. The maximum absolute atomic E-state index is 12.7. The van der Waals surface area contributed by atoms with E-state index < -0.39 is 10.0 Å². The largest absolute Gasteiger partial charge is 0.354 e. The minimum atomic E-state index is -3.72. The van der Waals surface area contributed by atoms with E-state index in [2.05, 4.69) is 31.7 Å². The molecule has 4 rings (SSSR count). The molecule has 0 saturated carbocycles. The summed E-state index contributed by atoms with van der Waals surface area (Å²) < 4.78 is 27.8. The number of rotatable bonds is 9. The lowest BCUT2D eigenvalue weighted by molar-refractivity contribution is 0.0950. The average Bonchev–Trinajstić information content (AvgIpc) is 3.40. The molecule has 0 bridgehead atoms. The first kappa shape index (κ1) is 24.3. The van der Waals surface area contributed by atoms with E-state index in [1.807, 2.05) is 29.6 Å². The van der Waals surface area contributed by atoms with Crippen LogP contribution in [0, 0.1) is 0 Å². The Morgan fingerprint density at radius 2 is 1.88 bits per heavy atom. The highest BCUT2D eigenvalue weighted by molar-refractivity contribution is 7.89. The van der Waals surface area contributed by atoms with E-state index >= 15 is 0 Å². The van der Waals surface area contributed by atoms with Crippen LogP contribution in [-0.4, -0.2) is 56.9 Å². The van der Waals surface area contributed by atoms with Gasteiger partial charge in [0, 0.05) is 55.9 Å². The Kier molecular flexibility index (Phi) is 7.94. The molecule has 1 aromatic carbocycles. The van der Waals surface area contributed by atoms with Crippen molar-refractivity contribution in [3.63, 3.8) is 0 Å². The SMILES string of the molecule is CCN1CCN(c2ccc(CNC(=O)c3cccc(S(=O)(=O)NCc4cccs4)c3)cn2)CC1. The van der Waals surface area contributed by atoms with Gasteiger partial charge in [-0.05, 0) is 47.8 Å². The Morgan fingerprint density at radius 3 is 2.56 bits per heavy atom.